The van der Waals surface area contributed by atoms with Crippen LogP contribution in [-0.4, -0.2) is 56.7 Å². The highest BCUT2D eigenvalue weighted by molar-refractivity contribution is 7.99. The molecule has 0 fully saturated rings. The highest BCUT2D eigenvalue weighted by Gasteiger charge is 2.21. The smallest absolute Gasteiger partial charge is 0.253 e. The Bertz CT molecular complexity index is 1480. The zero-order valence-electron chi connectivity index (χ0n) is 20.3. The van der Waals surface area contributed by atoms with Crippen molar-refractivity contribution in [1.82, 2.24) is 30.3 Å². The maximum atomic E-state index is 12.8. The molecular weight excluding hydrogens is 573 g/mol. The van der Waals surface area contributed by atoms with Crippen LogP contribution in [0.3, 0.4) is 0 Å². The molecule has 0 unspecified atom stereocenters. The summed E-state index contributed by atoms with van der Waals surface area (Å²) >= 11 is 14.6. The van der Waals surface area contributed by atoms with Crippen molar-refractivity contribution in [3.8, 4) is 17.2 Å². The van der Waals surface area contributed by atoms with Crippen molar-refractivity contribution >= 4 is 63.2 Å². The number of hydrogen-bond acceptors (Lipinski definition) is 10. The predicted octanol–water partition coefficient (Wildman–Crippen LogP) is 4.41. The number of thioether (sulfide) groups is 1. The summed E-state index contributed by atoms with van der Waals surface area (Å²) in [7, 11) is 3.08. The average molecular weight is 595 g/mol. The van der Waals surface area contributed by atoms with E-state index in [0.717, 1.165) is 16.8 Å². The van der Waals surface area contributed by atoms with Crippen molar-refractivity contribution in [2.24, 2.45) is 0 Å². The van der Waals surface area contributed by atoms with Gasteiger partial charge in [0, 0.05) is 11.1 Å². The number of benzene rings is 2. The number of nitrogens with one attached hydrogen (secondary N) is 2. The van der Waals surface area contributed by atoms with Crippen LogP contribution in [0.1, 0.15) is 21.2 Å². The second-order valence-corrected chi connectivity index (χ2v) is 10.5. The zero-order chi connectivity index (χ0) is 27.2. The number of ether oxygens (including phenoxy) is 2. The van der Waals surface area contributed by atoms with E-state index in [9.17, 15) is 9.59 Å². The minimum Gasteiger partial charge on any atom is -0.497 e. The number of carbonyl (C=O) groups excluding carboxylic acids is 2. The maximum Gasteiger partial charge on any atom is 0.253 e. The number of carbonyl (C=O) groups is 2. The van der Waals surface area contributed by atoms with E-state index in [4.69, 9.17) is 32.7 Å². The summed E-state index contributed by atoms with van der Waals surface area (Å²) in [6.07, 6.45) is 0. The van der Waals surface area contributed by atoms with Gasteiger partial charge in [0.25, 0.3) is 5.91 Å². The van der Waals surface area contributed by atoms with Gasteiger partial charge in [0.2, 0.25) is 11.0 Å². The maximum absolute atomic E-state index is 12.8. The molecule has 2 aromatic carbocycles. The molecule has 0 saturated carbocycles. The topological polar surface area (TPSA) is 133 Å². The zero-order valence-corrected chi connectivity index (χ0v) is 23.5. The van der Waals surface area contributed by atoms with Crippen molar-refractivity contribution in [3.05, 3.63) is 62.8 Å². The Morgan fingerprint density at radius 3 is 2.55 bits per heavy atom. The van der Waals surface area contributed by atoms with Gasteiger partial charge in [-0.15, -0.1) is 20.4 Å². The molecule has 38 heavy (non-hydrogen) atoms. The van der Waals surface area contributed by atoms with Crippen LogP contribution in [0.2, 0.25) is 10.0 Å². The number of anilines is 1. The fraction of sp³-hybridized carbons (Fsp3) is 0.217. The van der Waals surface area contributed by atoms with E-state index in [0.29, 0.717) is 38.3 Å². The molecule has 4 aromatic rings. The molecule has 15 heteroatoms. The Kier molecular flexibility index (Phi) is 9.05. The lowest BCUT2D eigenvalue weighted by molar-refractivity contribution is -0.113. The SMILES string of the molecule is COc1ccc(OC)c(-n2c(CNC(=O)c3ccc(Cl)cc3Cl)nnc2SCC(=O)Nc2nnc(C)s2)c1. The van der Waals surface area contributed by atoms with E-state index in [1.165, 1.54) is 30.6 Å². The molecule has 2 N–H and O–H groups in total. The Labute approximate surface area is 235 Å². The van der Waals surface area contributed by atoms with Crippen LogP contribution in [0.25, 0.3) is 5.69 Å². The monoisotopic (exact) mass is 593 g/mol. The minimum atomic E-state index is -0.417. The van der Waals surface area contributed by atoms with E-state index in [-0.39, 0.29) is 28.8 Å². The molecule has 0 aliphatic heterocycles. The number of hydrogen-bond donors (Lipinski definition) is 2. The van der Waals surface area contributed by atoms with Crippen molar-refractivity contribution in [1.29, 1.82) is 0 Å². The van der Waals surface area contributed by atoms with Gasteiger partial charge in [0.05, 0.1) is 42.8 Å². The van der Waals surface area contributed by atoms with Gasteiger partial charge < -0.3 is 14.8 Å². The molecule has 0 saturated heterocycles. The lowest BCUT2D eigenvalue weighted by Crippen LogP contribution is -2.25. The van der Waals surface area contributed by atoms with Gasteiger partial charge in [0.1, 0.15) is 16.5 Å². The molecule has 0 aliphatic carbocycles. The van der Waals surface area contributed by atoms with Crippen LogP contribution in [0.5, 0.6) is 11.5 Å². The Balaban J connectivity index is 1.60. The summed E-state index contributed by atoms with van der Waals surface area (Å²) in [5, 5.41) is 24.0. The number of aromatic nitrogens is 5. The van der Waals surface area contributed by atoms with Crippen molar-refractivity contribution in [2.45, 2.75) is 18.6 Å². The molecule has 2 amide bonds. The number of amides is 2. The summed E-state index contributed by atoms with van der Waals surface area (Å²) in [4.78, 5) is 25.3. The average Bonchev–Trinajstić information content (AvgIpc) is 3.50. The first kappa shape index (κ1) is 27.6. The molecule has 11 nitrogen and oxygen atoms in total. The van der Waals surface area contributed by atoms with Gasteiger partial charge in [0.15, 0.2) is 11.0 Å². The third-order valence-corrected chi connectivity index (χ3v) is 7.25. The van der Waals surface area contributed by atoms with E-state index in [1.807, 2.05) is 0 Å². The molecule has 0 spiro atoms. The van der Waals surface area contributed by atoms with Crippen LogP contribution >= 0.6 is 46.3 Å². The van der Waals surface area contributed by atoms with E-state index < -0.39 is 5.91 Å². The van der Waals surface area contributed by atoms with Crippen molar-refractivity contribution in [3.63, 3.8) is 0 Å². The van der Waals surface area contributed by atoms with Gasteiger partial charge in [-0.3, -0.25) is 19.5 Å². The van der Waals surface area contributed by atoms with Crippen LogP contribution in [0, 0.1) is 6.92 Å². The molecule has 0 bridgehead atoms. The minimum absolute atomic E-state index is 0.00196. The first-order valence-corrected chi connectivity index (χ1v) is 13.5. The van der Waals surface area contributed by atoms with Crippen LogP contribution in [-0.2, 0) is 11.3 Å². The lowest BCUT2D eigenvalue weighted by Gasteiger charge is -2.15. The van der Waals surface area contributed by atoms with Crippen molar-refractivity contribution < 1.29 is 19.1 Å². The van der Waals surface area contributed by atoms with Gasteiger partial charge >= 0.3 is 0 Å². The molecular formula is C23H21Cl2N7O4S2. The number of nitrogens with zero attached hydrogens (tertiary/aromatic N) is 5. The molecule has 4 rings (SSSR count). The second kappa shape index (κ2) is 12.4. The number of halogens is 2. The van der Waals surface area contributed by atoms with Crippen LogP contribution < -0.4 is 20.1 Å². The number of rotatable bonds is 10. The second-order valence-electron chi connectivity index (χ2n) is 7.54. The summed E-state index contributed by atoms with van der Waals surface area (Å²) in [6, 6.07) is 9.84. The highest BCUT2D eigenvalue weighted by atomic mass is 35.5. The quantitative estimate of drug-likeness (QED) is 0.256. The Hall–Kier alpha value is -3.39. The lowest BCUT2D eigenvalue weighted by atomic mass is 10.2. The van der Waals surface area contributed by atoms with Gasteiger partial charge in [-0.25, -0.2) is 0 Å². The van der Waals surface area contributed by atoms with E-state index in [2.05, 4.69) is 31.0 Å². The van der Waals surface area contributed by atoms with E-state index in [1.54, 1.807) is 42.9 Å². The molecule has 2 heterocycles. The summed E-state index contributed by atoms with van der Waals surface area (Å²) in [6.45, 7) is 1.80. The molecule has 0 radical (unpaired) electrons. The number of methoxy groups -OCH3 is 2. The standard InChI is InChI=1S/C23H21Cl2N7O4S2/c1-12-28-30-22(38-12)27-20(33)11-37-23-31-29-19(10-26-21(34)15-6-4-13(24)8-16(15)25)32(23)17-9-14(35-2)5-7-18(17)36-3/h4-9H,10-11H2,1-3H3,(H,26,34)(H,27,30,33). The van der Waals surface area contributed by atoms with Gasteiger partial charge in [-0.2, -0.15) is 0 Å². The summed E-state index contributed by atoms with van der Waals surface area (Å²) in [5.41, 5.74) is 0.826. The Morgan fingerprint density at radius 1 is 1.05 bits per heavy atom. The fourth-order valence-electron chi connectivity index (χ4n) is 3.28. The Morgan fingerprint density at radius 2 is 1.87 bits per heavy atom. The fourth-order valence-corrected chi connectivity index (χ4v) is 5.15. The van der Waals surface area contributed by atoms with Crippen LogP contribution in [0.15, 0.2) is 41.6 Å². The molecule has 0 aliphatic rings. The van der Waals surface area contributed by atoms with Gasteiger partial charge in [-0.05, 0) is 37.3 Å². The molecule has 198 valence electrons. The first-order valence-electron chi connectivity index (χ1n) is 10.9. The first-order chi connectivity index (χ1) is 18.3. The summed E-state index contributed by atoms with van der Waals surface area (Å²) < 4.78 is 12.6. The van der Waals surface area contributed by atoms with Gasteiger partial charge in [-0.1, -0.05) is 46.3 Å². The third-order valence-electron chi connectivity index (χ3n) is 5.01. The third kappa shape index (κ3) is 6.54. The molecule has 2 aromatic heterocycles. The summed E-state index contributed by atoms with van der Waals surface area (Å²) in [5.74, 6) is 0.783. The largest absolute Gasteiger partial charge is 0.497 e. The van der Waals surface area contributed by atoms with Crippen molar-refractivity contribution in [2.75, 3.05) is 25.3 Å². The van der Waals surface area contributed by atoms with E-state index >= 15 is 0 Å². The predicted molar refractivity (Wildman–Crippen MR) is 146 cm³/mol. The number of aryl methyl sites for hydroxylation is 1. The highest BCUT2D eigenvalue weighted by Crippen LogP contribution is 2.32. The molecule has 0 atom stereocenters. The normalized spacial score (nSPS) is 10.8. The van der Waals surface area contributed by atoms with Crippen LogP contribution in [0.4, 0.5) is 5.13 Å².